The van der Waals surface area contributed by atoms with E-state index in [9.17, 15) is 9.90 Å². The van der Waals surface area contributed by atoms with E-state index in [1.807, 2.05) is 4.90 Å². The highest BCUT2D eigenvalue weighted by atomic mass is 16.4. The fraction of sp³-hybridized carbons (Fsp3) is 0.615. The first kappa shape index (κ1) is 13.7. The number of carboxylic acids is 1. The van der Waals surface area contributed by atoms with Gasteiger partial charge >= 0.3 is 5.97 Å². The summed E-state index contributed by atoms with van der Waals surface area (Å²) in [5, 5.41) is 18.7. The summed E-state index contributed by atoms with van der Waals surface area (Å²) in [7, 11) is 0. The van der Waals surface area contributed by atoms with Crippen LogP contribution >= 0.6 is 0 Å². The van der Waals surface area contributed by atoms with Gasteiger partial charge < -0.3 is 15.1 Å². The van der Waals surface area contributed by atoms with E-state index in [4.69, 9.17) is 5.11 Å². The zero-order valence-electron chi connectivity index (χ0n) is 11.0. The van der Waals surface area contributed by atoms with Crippen molar-refractivity contribution in [1.29, 1.82) is 0 Å². The Balaban J connectivity index is 2.07. The van der Waals surface area contributed by atoms with Crippen LogP contribution in [-0.4, -0.2) is 45.3 Å². The molecule has 19 heavy (non-hydrogen) atoms. The number of nitrogens with zero attached hydrogens (tertiary/aromatic N) is 3. The molecule has 1 aliphatic heterocycles. The molecule has 0 radical (unpaired) electrons. The van der Waals surface area contributed by atoms with E-state index in [0.29, 0.717) is 18.9 Å². The molecule has 1 aliphatic rings. The number of aliphatic hydroxyl groups is 1. The average Bonchev–Trinajstić information content (AvgIpc) is 2.40. The minimum absolute atomic E-state index is 0.254. The zero-order valence-corrected chi connectivity index (χ0v) is 11.0. The highest BCUT2D eigenvalue weighted by Gasteiger charge is 2.33. The van der Waals surface area contributed by atoms with Gasteiger partial charge in [0.15, 0.2) is 0 Å². The van der Waals surface area contributed by atoms with E-state index in [2.05, 4.69) is 16.9 Å². The third-order valence-electron chi connectivity index (χ3n) is 3.41. The monoisotopic (exact) mass is 265 g/mol. The Labute approximate surface area is 112 Å². The Hall–Kier alpha value is -1.69. The lowest BCUT2D eigenvalue weighted by atomic mass is 9.95. The molecular weight excluding hydrogens is 246 g/mol. The molecule has 6 nitrogen and oxygen atoms in total. The highest BCUT2D eigenvalue weighted by molar-refractivity contribution is 5.72. The van der Waals surface area contributed by atoms with Crippen LogP contribution in [0.15, 0.2) is 12.4 Å². The van der Waals surface area contributed by atoms with Crippen LogP contribution in [0.25, 0.3) is 0 Å². The molecule has 1 aromatic rings. The maximum absolute atomic E-state index is 11.1. The van der Waals surface area contributed by atoms with Crippen LogP contribution in [0.1, 0.15) is 25.3 Å². The topological polar surface area (TPSA) is 86.5 Å². The lowest BCUT2D eigenvalue weighted by molar-refractivity contribution is -0.146. The number of carboxylic acid groups (broad SMARTS) is 1. The molecule has 2 rings (SSSR count). The molecule has 6 heteroatoms. The summed E-state index contributed by atoms with van der Waals surface area (Å²) in [5.74, 6) is -1.20. The average molecular weight is 265 g/mol. The Morgan fingerprint density at radius 2 is 2.16 bits per heavy atom. The van der Waals surface area contributed by atoms with Gasteiger partial charge in [-0.3, -0.25) is 4.79 Å². The molecule has 0 aromatic carbocycles. The zero-order chi connectivity index (χ0) is 13.8. The number of aromatic nitrogens is 2. The number of hydrogen-bond donors (Lipinski definition) is 2. The molecular formula is C13H19N3O3. The van der Waals surface area contributed by atoms with Gasteiger partial charge in [0.2, 0.25) is 5.95 Å². The largest absolute Gasteiger partial charge is 0.481 e. The van der Waals surface area contributed by atoms with Gasteiger partial charge in [-0.15, -0.1) is 0 Å². The van der Waals surface area contributed by atoms with E-state index in [-0.39, 0.29) is 6.54 Å². The Morgan fingerprint density at radius 1 is 1.47 bits per heavy atom. The van der Waals surface area contributed by atoms with Gasteiger partial charge in [-0.05, 0) is 18.4 Å². The van der Waals surface area contributed by atoms with E-state index >= 15 is 0 Å². The summed E-state index contributed by atoms with van der Waals surface area (Å²) in [6, 6.07) is 0. The first-order valence-corrected chi connectivity index (χ1v) is 6.58. The maximum Gasteiger partial charge on any atom is 0.310 e. The third-order valence-corrected chi connectivity index (χ3v) is 3.41. The number of anilines is 1. The molecule has 0 bridgehead atoms. The maximum atomic E-state index is 11.1. The summed E-state index contributed by atoms with van der Waals surface area (Å²) in [4.78, 5) is 21.4. The van der Waals surface area contributed by atoms with Gasteiger partial charge in [0.05, 0.1) is 6.10 Å². The quantitative estimate of drug-likeness (QED) is 0.833. The molecule has 0 spiro atoms. The molecule has 1 fully saturated rings. The Bertz CT molecular complexity index is 435. The summed E-state index contributed by atoms with van der Waals surface area (Å²) in [6.45, 7) is 2.93. The van der Waals surface area contributed by atoms with Crippen molar-refractivity contribution < 1.29 is 15.0 Å². The van der Waals surface area contributed by atoms with Crippen molar-refractivity contribution >= 4 is 11.9 Å². The second-order valence-electron chi connectivity index (χ2n) is 4.89. The highest BCUT2D eigenvalue weighted by Crippen LogP contribution is 2.21. The molecule has 2 heterocycles. The molecule has 1 aromatic heterocycles. The van der Waals surface area contributed by atoms with Crippen LogP contribution in [0.3, 0.4) is 0 Å². The molecule has 2 N–H and O–H groups in total. The van der Waals surface area contributed by atoms with Gasteiger partial charge in [-0.25, -0.2) is 9.97 Å². The van der Waals surface area contributed by atoms with Crippen molar-refractivity contribution in [3.05, 3.63) is 18.0 Å². The van der Waals surface area contributed by atoms with Gasteiger partial charge in [-0.2, -0.15) is 0 Å². The molecule has 0 aliphatic carbocycles. The number of aliphatic hydroxyl groups excluding tert-OH is 1. The van der Waals surface area contributed by atoms with Gasteiger partial charge in [-0.1, -0.05) is 13.3 Å². The summed E-state index contributed by atoms with van der Waals surface area (Å²) >= 11 is 0. The predicted octanol–water partition coefficient (Wildman–Crippen LogP) is 0.701. The Morgan fingerprint density at radius 3 is 2.74 bits per heavy atom. The minimum Gasteiger partial charge on any atom is -0.481 e. The number of piperidine rings is 1. The molecule has 0 unspecified atom stereocenters. The van der Waals surface area contributed by atoms with E-state index in [0.717, 1.165) is 18.4 Å². The van der Waals surface area contributed by atoms with Crippen molar-refractivity contribution in [2.45, 2.75) is 32.3 Å². The number of rotatable bonds is 4. The van der Waals surface area contributed by atoms with E-state index in [1.165, 1.54) is 0 Å². The minimum atomic E-state index is -0.972. The van der Waals surface area contributed by atoms with Crippen LogP contribution in [0.2, 0.25) is 0 Å². The molecule has 0 amide bonds. The van der Waals surface area contributed by atoms with Crippen molar-refractivity contribution in [2.24, 2.45) is 5.92 Å². The van der Waals surface area contributed by atoms with Crippen molar-refractivity contribution in [3.63, 3.8) is 0 Å². The number of carbonyl (C=O) groups is 1. The van der Waals surface area contributed by atoms with E-state index in [1.54, 1.807) is 12.4 Å². The van der Waals surface area contributed by atoms with Crippen LogP contribution in [0.5, 0.6) is 0 Å². The molecule has 104 valence electrons. The normalized spacial score (nSPS) is 23.4. The Kier molecular flexibility index (Phi) is 4.31. The van der Waals surface area contributed by atoms with Crippen molar-refractivity contribution in [3.8, 4) is 0 Å². The second-order valence-corrected chi connectivity index (χ2v) is 4.89. The summed E-state index contributed by atoms with van der Waals surface area (Å²) in [6.07, 6.45) is 5.19. The number of aryl methyl sites for hydroxylation is 1. The summed E-state index contributed by atoms with van der Waals surface area (Å²) in [5.41, 5.74) is 1.08. The van der Waals surface area contributed by atoms with E-state index < -0.39 is 18.0 Å². The van der Waals surface area contributed by atoms with Gasteiger partial charge in [0.25, 0.3) is 0 Å². The van der Waals surface area contributed by atoms with Crippen LogP contribution in [0.4, 0.5) is 5.95 Å². The van der Waals surface area contributed by atoms with Crippen molar-refractivity contribution in [1.82, 2.24) is 9.97 Å². The molecule has 1 saturated heterocycles. The number of hydrogen-bond acceptors (Lipinski definition) is 5. The van der Waals surface area contributed by atoms with Gasteiger partial charge in [0.1, 0.15) is 5.92 Å². The third kappa shape index (κ3) is 3.20. The van der Waals surface area contributed by atoms with Crippen LogP contribution in [0, 0.1) is 5.92 Å². The predicted molar refractivity (Wildman–Crippen MR) is 70.0 cm³/mol. The first-order chi connectivity index (χ1) is 9.11. The summed E-state index contributed by atoms with van der Waals surface area (Å²) < 4.78 is 0. The smallest absolute Gasteiger partial charge is 0.310 e. The molecule has 2 atom stereocenters. The lowest BCUT2D eigenvalue weighted by Gasteiger charge is -2.33. The van der Waals surface area contributed by atoms with Crippen LogP contribution in [-0.2, 0) is 11.2 Å². The fourth-order valence-electron chi connectivity index (χ4n) is 2.29. The van der Waals surface area contributed by atoms with Gasteiger partial charge in [0, 0.05) is 25.5 Å². The fourth-order valence-corrected chi connectivity index (χ4v) is 2.29. The lowest BCUT2D eigenvalue weighted by Crippen LogP contribution is -2.47. The van der Waals surface area contributed by atoms with Crippen LogP contribution < -0.4 is 4.90 Å². The SMILES string of the molecule is CCCc1cnc(N2CC[C@@H](O)[C@@H](C(=O)O)C2)nc1. The second kappa shape index (κ2) is 5.97. The standard InChI is InChI=1S/C13H19N3O3/c1-2-3-9-6-14-13(15-7-9)16-5-4-11(17)10(8-16)12(18)19/h6-7,10-11,17H,2-5,8H2,1H3,(H,18,19)/t10-,11+/m0/s1. The van der Waals surface area contributed by atoms with Crippen molar-refractivity contribution in [2.75, 3.05) is 18.0 Å². The molecule has 0 saturated carbocycles. The number of aliphatic carboxylic acids is 1. The first-order valence-electron chi connectivity index (χ1n) is 6.58.